The van der Waals surface area contributed by atoms with Gasteiger partial charge in [-0.1, -0.05) is 20.3 Å². The van der Waals surface area contributed by atoms with Crippen molar-refractivity contribution in [1.29, 1.82) is 0 Å². The largest absolute Gasteiger partial charge is 0.480 e. The Balaban J connectivity index is 3.49. The fourth-order valence-corrected chi connectivity index (χ4v) is 0.922. The minimum atomic E-state index is -0.733. The molecule has 1 N–H and O–H groups in total. The van der Waals surface area contributed by atoms with Crippen LogP contribution < -0.4 is 0 Å². The van der Waals surface area contributed by atoms with E-state index in [0.29, 0.717) is 0 Å². The zero-order valence-electron chi connectivity index (χ0n) is 7.34. The van der Waals surface area contributed by atoms with E-state index in [9.17, 15) is 4.79 Å². The Morgan fingerprint density at radius 1 is 1.45 bits per heavy atom. The zero-order valence-corrected chi connectivity index (χ0v) is 7.34. The smallest absolute Gasteiger partial charge is 0.317 e. The van der Waals surface area contributed by atoms with Crippen LogP contribution in [0.25, 0.3) is 0 Å². The number of aliphatic carboxylic acids is 1. The van der Waals surface area contributed by atoms with Crippen molar-refractivity contribution in [1.82, 2.24) is 4.90 Å². The average molecular weight is 159 g/mol. The summed E-state index contributed by atoms with van der Waals surface area (Å²) in [6.07, 6.45) is 2.21. The molecule has 66 valence electrons. The van der Waals surface area contributed by atoms with E-state index in [4.69, 9.17) is 5.11 Å². The molecular weight excluding hydrogens is 142 g/mol. The Labute approximate surface area is 68.0 Å². The second-order valence-electron chi connectivity index (χ2n) is 2.62. The van der Waals surface area contributed by atoms with Crippen molar-refractivity contribution in [3.63, 3.8) is 0 Å². The quantitative estimate of drug-likeness (QED) is 0.633. The minimum Gasteiger partial charge on any atom is -0.480 e. The molecule has 0 spiro atoms. The lowest BCUT2D eigenvalue weighted by atomic mass is 10.3. The SMILES string of the molecule is CCCCN(CC)CC(=O)O. The van der Waals surface area contributed by atoms with Gasteiger partial charge in [-0.3, -0.25) is 9.69 Å². The third kappa shape index (κ3) is 5.85. The molecule has 3 heteroatoms. The average Bonchev–Trinajstić information content (AvgIpc) is 1.97. The third-order valence-corrected chi connectivity index (χ3v) is 1.63. The van der Waals surface area contributed by atoms with Gasteiger partial charge in [0.1, 0.15) is 0 Å². The summed E-state index contributed by atoms with van der Waals surface area (Å²) in [5.41, 5.74) is 0. The van der Waals surface area contributed by atoms with Gasteiger partial charge in [0.15, 0.2) is 0 Å². The molecule has 0 aliphatic heterocycles. The normalized spacial score (nSPS) is 10.5. The van der Waals surface area contributed by atoms with Crippen LogP contribution in [0.4, 0.5) is 0 Å². The van der Waals surface area contributed by atoms with Crippen LogP contribution in [-0.2, 0) is 4.79 Å². The van der Waals surface area contributed by atoms with Crippen molar-refractivity contribution in [2.45, 2.75) is 26.7 Å². The molecule has 11 heavy (non-hydrogen) atoms. The highest BCUT2D eigenvalue weighted by atomic mass is 16.4. The van der Waals surface area contributed by atoms with Crippen LogP contribution in [0.5, 0.6) is 0 Å². The van der Waals surface area contributed by atoms with Crippen LogP contribution >= 0.6 is 0 Å². The number of unbranched alkanes of at least 4 members (excludes halogenated alkanes) is 1. The Bertz CT molecular complexity index is 115. The molecule has 0 aromatic rings. The van der Waals surface area contributed by atoms with Crippen molar-refractivity contribution < 1.29 is 9.90 Å². The molecule has 0 saturated carbocycles. The molecule has 0 heterocycles. The highest BCUT2D eigenvalue weighted by Gasteiger charge is 2.05. The Morgan fingerprint density at radius 3 is 2.45 bits per heavy atom. The fraction of sp³-hybridized carbons (Fsp3) is 0.875. The van der Waals surface area contributed by atoms with Crippen molar-refractivity contribution in [3.05, 3.63) is 0 Å². The minimum absolute atomic E-state index is 0.177. The number of rotatable bonds is 6. The summed E-state index contributed by atoms with van der Waals surface area (Å²) in [6.45, 7) is 6.00. The molecule has 0 aromatic carbocycles. The molecule has 0 aromatic heterocycles. The van der Waals surface area contributed by atoms with Crippen LogP contribution in [0.3, 0.4) is 0 Å². The summed E-state index contributed by atoms with van der Waals surface area (Å²) in [4.78, 5) is 12.2. The molecule has 0 radical (unpaired) electrons. The lowest BCUT2D eigenvalue weighted by Gasteiger charge is -2.16. The fourth-order valence-electron chi connectivity index (χ4n) is 0.922. The molecular formula is C8H17NO2. The highest BCUT2D eigenvalue weighted by Crippen LogP contribution is 1.93. The highest BCUT2D eigenvalue weighted by molar-refractivity contribution is 5.69. The van der Waals surface area contributed by atoms with E-state index in [1.807, 2.05) is 11.8 Å². The van der Waals surface area contributed by atoms with Crippen molar-refractivity contribution in [2.75, 3.05) is 19.6 Å². The first-order chi connectivity index (χ1) is 5.20. The number of hydrogen-bond acceptors (Lipinski definition) is 2. The van der Waals surface area contributed by atoms with Gasteiger partial charge in [0.25, 0.3) is 0 Å². The molecule has 0 amide bonds. The Kier molecular flexibility index (Phi) is 5.84. The second kappa shape index (κ2) is 6.16. The van der Waals surface area contributed by atoms with Crippen LogP contribution in [0, 0.1) is 0 Å². The molecule has 3 nitrogen and oxygen atoms in total. The molecule has 0 bridgehead atoms. The summed E-state index contributed by atoms with van der Waals surface area (Å²) in [6, 6.07) is 0. The van der Waals surface area contributed by atoms with Gasteiger partial charge in [-0.25, -0.2) is 0 Å². The van der Waals surface area contributed by atoms with E-state index >= 15 is 0 Å². The number of hydrogen-bond donors (Lipinski definition) is 1. The van der Waals surface area contributed by atoms with Crippen LogP contribution in [0.1, 0.15) is 26.7 Å². The van der Waals surface area contributed by atoms with E-state index in [1.54, 1.807) is 0 Å². The lowest BCUT2D eigenvalue weighted by molar-refractivity contribution is -0.138. The van der Waals surface area contributed by atoms with E-state index in [-0.39, 0.29) is 6.54 Å². The number of likely N-dealkylation sites (N-methyl/N-ethyl adjacent to an activating group) is 1. The molecule has 0 unspecified atom stereocenters. The monoisotopic (exact) mass is 159 g/mol. The van der Waals surface area contributed by atoms with Crippen LogP contribution in [0.2, 0.25) is 0 Å². The summed E-state index contributed by atoms with van der Waals surface area (Å²) in [5, 5.41) is 8.47. The summed E-state index contributed by atoms with van der Waals surface area (Å²) >= 11 is 0. The van der Waals surface area contributed by atoms with Gasteiger partial charge in [0, 0.05) is 0 Å². The summed E-state index contributed by atoms with van der Waals surface area (Å²) < 4.78 is 0. The van der Waals surface area contributed by atoms with E-state index in [2.05, 4.69) is 6.92 Å². The molecule has 0 rings (SSSR count). The number of carbonyl (C=O) groups is 1. The van der Waals surface area contributed by atoms with E-state index < -0.39 is 5.97 Å². The van der Waals surface area contributed by atoms with Crippen LogP contribution in [-0.4, -0.2) is 35.6 Å². The second-order valence-corrected chi connectivity index (χ2v) is 2.62. The maximum absolute atomic E-state index is 10.3. The van der Waals surface area contributed by atoms with Gasteiger partial charge in [-0.05, 0) is 19.5 Å². The van der Waals surface area contributed by atoms with E-state index in [1.165, 1.54) is 0 Å². The lowest BCUT2D eigenvalue weighted by Crippen LogP contribution is -2.30. The van der Waals surface area contributed by atoms with Crippen LogP contribution in [0.15, 0.2) is 0 Å². The predicted molar refractivity (Wildman–Crippen MR) is 44.7 cm³/mol. The van der Waals surface area contributed by atoms with Gasteiger partial charge in [-0.2, -0.15) is 0 Å². The first-order valence-electron chi connectivity index (χ1n) is 4.14. The number of carboxylic acids is 1. The first kappa shape index (κ1) is 10.4. The van der Waals surface area contributed by atoms with E-state index in [0.717, 1.165) is 25.9 Å². The zero-order chi connectivity index (χ0) is 8.69. The molecule has 0 aliphatic carbocycles. The van der Waals surface area contributed by atoms with Gasteiger partial charge in [-0.15, -0.1) is 0 Å². The topological polar surface area (TPSA) is 40.5 Å². The van der Waals surface area contributed by atoms with Gasteiger partial charge in [0.2, 0.25) is 0 Å². The standard InChI is InChI=1S/C8H17NO2/c1-3-5-6-9(4-2)7-8(10)11/h3-7H2,1-2H3,(H,10,11). The molecule has 0 atom stereocenters. The molecule has 0 aliphatic rings. The van der Waals surface area contributed by atoms with Crippen molar-refractivity contribution >= 4 is 5.97 Å². The molecule has 0 saturated heterocycles. The number of carboxylic acid groups (broad SMARTS) is 1. The summed E-state index contributed by atoms with van der Waals surface area (Å²) in [5.74, 6) is -0.733. The third-order valence-electron chi connectivity index (χ3n) is 1.63. The Morgan fingerprint density at radius 2 is 2.09 bits per heavy atom. The number of nitrogens with zero attached hydrogens (tertiary/aromatic N) is 1. The molecule has 0 fully saturated rings. The van der Waals surface area contributed by atoms with Gasteiger partial charge in [0.05, 0.1) is 6.54 Å². The van der Waals surface area contributed by atoms with Crippen molar-refractivity contribution in [3.8, 4) is 0 Å². The maximum atomic E-state index is 10.3. The van der Waals surface area contributed by atoms with Gasteiger partial charge < -0.3 is 5.11 Å². The van der Waals surface area contributed by atoms with Crippen molar-refractivity contribution in [2.24, 2.45) is 0 Å². The maximum Gasteiger partial charge on any atom is 0.317 e. The first-order valence-corrected chi connectivity index (χ1v) is 4.14. The van der Waals surface area contributed by atoms with Gasteiger partial charge >= 0.3 is 5.97 Å². The predicted octanol–water partition coefficient (Wildman–Crippen LogP) is 1.19. The Hall–Kier alpha value is -0.570. The summed E-state index contributed by atoms with van der Waals surface area (Å²) in [7, 11) is 0.